The molecular weight excluding hydrogens is 616 g/mol. The number of carbonyl (C=O) groups excluding carboxylic acids is 1. The van der Waals surface area contributed by atoms with Gasteiger partial charge in [0.15, 0.2) is 6.73 Å². The Hall–Kier alpha value is -5.30. The van der Waals surface area contributed by atoms with E-state index < -0.39 is 22.1 Å². The van der Waals surface area contributed by atoms with E-state index in [2.05, 4.69) is 10.3 Å². The van der Waals surface area contributed by atoms with E-state index in [0.29, 0.717) is 50.2 Å². The molecule has 2 aromatic carbocycles. The average Bonchev–Trinajstić information content (AvgIpc) is 3.62. The molecule has 4 aromatic heterocycles. The number of nitrogens with one attached hydrogen (secondary N) is 1. The summed E-state index contributed by atoms with van der Waals surface area (Å²) in [4.78, 5) is 22.4. The Morgan fingerprint density at radius 1 is 1.11 bits per heavy atom. The lowest BCUT2D eigenvalue weighted by atomic mass is 10.0. The van der Waals surface area contributed by atoms with E-state index in [1.54, 1.807) is 42.5 Å². The molecule has 5 heterocycles. The lowest BCUT2D eigenvalue weighted by molar-refractivity contribution is 0.0964. The van der Waals surface area contributed by atoms with E-state index in [-0.39, 0.29) is 40.8 Å². The first kappa shape index (κ1) is 29.4. The lowest BCUT2D eigenvalue weighted by Crippen LogP contribution is -2.25. The van der Waals surface area contributed by atoms with Crippen molar-refractivity contribution in [1.82, 2.24) is 19.9 Å². The molecule has 1 aliphatic heterocycles. The summed E-state index contributed by atoms with van der Waals surface area (Å²) in [5.74, 6) is -0.163. The van der Waals surface area contributed by atoms with Gasteiger partial charge < -0.3 is 19.0 Å². The number of benzene rings is 2. The molecule has 1 atom stereocenters. The maximum Gasteiger partial charge on any atom is 0.255 e. The summed E-state index contributed by atoms with van der Waals surface area (Å²) in [6, 6.07) is 16.3. The minimum absolute atomic E-state index is 0.164. The highest BCUT2D eigenvalue weighted by atomic mass is 32.2. The topological polar surface area (TPSA) is 120 Å². The number of furan rings is 1. The van der Waals surface area contributed by atoms with Gasteiger partial charge in [-0.2, -0.15) is 0 Å². The van der Waals surface area contributed by atoms with E-state index >= 15 is 0 Å². The van der Waals surface area contributed by atoms with Crippen molar-refractivity contribution in [3.8, 4) is 39.7 Å². The molecule has 0 spiro atoms. The summed E-state index contributed by atoms with van der Waals surface area (Å²) in [5, 5.41) is 3.45. The molecule has 1 unspecified atom stereocenters. The molecule has 7 rings (SSSR count). The fraction of sp³-hybridized carbons (Fsp3) is 0.182. The van der Waals surface area contributed by atoms with Gasteiger partial charge in [-0.3, -0.25) is 14.1 Å². The van der Waals surface area contributed by atoms with Gasteiger partial charge in [-0.05, 0) is 55.5 Å². The van der Waals surface area contributed by atoms with Gasteiger partial charge in [0.2, 0.25) is 10.0 Å². The Morgan fingerprint density at radius 3 is 2.61 bits per heavy atom. The van der Waals surface area contributed by atoms with Gasteiger partial charge in [-0.25, -0.2) is 22.2 Å². The normalized spacial score (nSPS) is 13.3. The molecule has 1 aliphatic rings. The van der Waals surface area contributed by atoms with Crippen LogP contribution in [0.5, 0.6) is 5.75 Å². The van der Waals surface area contributed by atoms with E-state index in [9.17, 15) is 22.0 Å². The van der Waals surface area contributed by atoms with Gasteiger partial charge in [-0.15, -0.1) is 0 Å². The number of fused-ring (bicyclic) bond motifs is 6. The van der Waals surface area contributed by atoms with Gasteiger partial charge in [0.25, 0.3) is 5.91 Å². The quantitative estimate of drug-likeness (QED) is 0.221. The summed E-state index contributed by atoms with van der Waals surface area (Å²) in [7, 11) is -0.872. The minimum Gasteiger partial charge on any atom is -0.470 e. The van der Waals surface area contributed by atoms with Gasteiger partial charge >= 0.3 is 0 Å². The van der Waals surface area contributed by atoms with Crippen molar-refractivity contribution in [1.29, 1.82) is 0 Å². The van der Waals surface area contributed by atoms with Crippen LogP contribution in [0.15, 0.2) is 71.3 Å². The maximum atomic E-state index is 14.7. The van der Waals surface area contributed by atoms with Crippen LogP contribution in [-0.4, -0.2) is 49.2 Å². The Kier molecular flexibility index (Phi) is 6.81. The second-order valence-electron chi connectivity index (χ2n) is 11.0. The van der Waals surface area contributed by atoms with Crippen LogP contribution in [0.1, 0.15) is 29.1 Å². The number of rotatable bonds is 6. The zero-order valence-electron chi connectivity index (χ0n) is 25.1. The SMILES string of the molecule is CNC(=O)c1c(-c2ccc(C(C)F)nc2)oc2cc(N(C)S(C)(=O)=O)c(-c3ccc4c(n3)-c3cc5c(F)cccc5n3CO4)cc12. The molecule has 0 saturated heterocycles. The molecule has 6 aromatic rings. The Balaban J connectivity index is 1.47. The number of hydrogen-bond acceptors (Lipinski definition) is 7. The molecule has 234 valence electrons. The second-order valence-corrected chi connectivity index (χ2v) is 13.0. The van der Waals surface area contributed by atoms with Crippen molar-refractivity contribution in [3.05, 3.63) is 83.9 Å². The third kappa shape index (κ3) is 4.66. The van der Waals surface area contributed by atoms with E-state index in [4.69, 9.17) is 14.1 Å². The molecule has 46 heavy (non-hydrogen) atoms. The van der Waals surface area contributed by atoms with Crippen molar-refractivity contribution in [3.63, 3.8) is 0 Å². The van der Waals surface area contributed by atoms with Crippen LogP contribution in [0.3, 0.4) is 0 Å². The third-order valence-electron chi connectivity index (χ3n) is 8.17. The standard InChI is InChI=1S/C33H27F2N5O5S/c1-17(34)23-9-8-18(15-37-23)32-30(33(41)36-2)21-12-20(26(14-29(21)45-32)39(3)46(4,42)43)24-10-11-28-31(38-24)27-13-19-22(35)6-5-7-25(19)40(27)16-44-28/h5-15,17H,16H2,1-4H3,(H,36,41). The van der Waals surface area contributed by atoms with Crippen molar-refractivity contribution in [2.45, 2.75) is 19.8 Å². The second kappa shape index (κ2) is 10.7. The molecule has 0 bridgehead atoms. The first-order valence-corrected chi connectivity index (χ1v) is 16.1. The Labute approximate surface area is 262 Å². The van der Waals surface area contributed by atoms with Crippen LogP contribution in [0.4, 0.5) is 14.5 Å². The van der Waals surface area contributed by atoms with Crippen LogP contribution < -0.4 is 14.4 Å². The molecule has 0 aliphatic carbocycles. The summed E-state index contributed by atoms with van der Waals surface area (Å²) in [5.41, 5.74) is 3.83. The number of pyridine rings is 2. The van der Waals surface area contributed by atoms with Crippen LogP contribution in [0.2, 0.25) is 0 Å². The first-order valence-electron chi connectivity index (χ1n) is 14.3. The van der Waals surface area contributed by atoms with Crippen molar-refractivity contribution in [2.24, 2.45) is 0 Å². The molecule has 10 nitrogen and oxygen atoms in total. The molecule has 13 heteroatoms. The third-order valence-corrected chi connectivity index (χ3v) is 9.36. The fourth-order valence-corrected chi connectivity index (χ4v) is 6.23. The fourth-order valence-electron chi connectivity index (χ4n) is 5.72. The maximum absolute atomic E-state index is 14.7. The van der Waals surface area contributed by atoms with Crippen LogP contribution >= 0.6 is 0 Å². The first-order chi connectivity index (χ1) is 22.0. The van der Waals surface area contributed by atoms with Crippen LogP contribution in [0, 0.1) is 5.82 Å². The highest BCUT2D eigenvalue weighted by molar-refractivity contribution is 7.92. The number of sulfonamides is 1. The predicted octanol–water partition coefficient (Wildman–Crippen LogP) is 6.45. The predicted molar refractivity (Wildman–Crippen MR) is 170 cm³/mol. The van der Waals surface area contributed by atoms with E-state index in [0.717, 1.165) is 10.6 Å². The molecule has 1 amide bonds. The number of nitrogens with zero attached hydrogens (tertiary/aromatic N) is 4. The Bertz CT molecular complexity index is 2310. The number of amides is 1. The number of ether oxygens (including phenoxy) is 1. The van der Waals surface area contributed by atoms with Gasteiger partial charge in [0, 0.05) is 48.3 Å². The van der Waals surface area contributed by atoms with Crippen molar-refractivity contribution < 1.29 is 31.1 Å². The summed E-state index contributed by atoms with van der Waals surface area (Å²) in [6.07, 6.45) is 1.21. The molecular formula is C33H27F2N5O5S. The van der Waals surface area contributed by atoms with Crippen LogP contribution in [0.25, 0.3) is 55.8 Å². The summed E-state index contributed by atoms with van der Waals surface area (Å²) < 4.78 is 69.3. The van der Waals surface area contributed by atoms with Gasteiger partial charge in [-0.1, -0.05) is 6.07 Å². The number of carbonyl (C=O) groups is 1. The minimum atomic E-state index is -3.76. The van der Waals surface area contributed by atoms with Crippen molar-refractivity contribution >= 4 is 43.5 Å². The lowest BCUT2D eigenvalue weighted by Gasteiger charge is -2.23. The zero-order chi connectivity index (χ0) is 32.5. The summed E-state index contributed by atoms with van der Waals surface area (Å²) in [6.45, 7) is 1.54. The number of hydrogen-bond donors (Lipinski definition) is 1. The Morgan fingerprint density at radius 2 is 1.91 bits per heavy atom. The van der Waals surface area contributed by atoms with Crippen LogP contribution in [-0.2, 0) is 16.8 Å². The number of anilines is 1. The molecule has 0 fully saturated rings. The highest BCUT2D eigenvalue weighted by Crippen LogP contribution is 2.43. The van der Waals surface area contributed by atoms with Gasteiger partial charge in [0.1, 0.15) is 34.8 Å². The molecule has 0 saturated carbocycles. The average molecular weight is 644 g/mol. The number of alkyl halides is 1. The van der Waals surface area contributed by atoms with Gasteiger partial charge in [0.05, 0.1) is 40.1 Å². The molecule has 1 N–H and O–H groups in total. The highest BCUT2D eigenvalue weighted by Gasteiger charge is 2.28. The number of aromatic nitrogens is 3. The molecule has 0 radical (unpaired) electrons. The van der Waals surface area contributed by atoms with E-state index in [1.807, 2.05) is 4.57 Å². The van der Waals surface area contributed by atoms with E-state index in [1.165, 1.54) is 45.4 Å². The largest absolute Gasteiger partial charge is 0.470 e. The number of halogens is 2. The zero-order valence-corrected chi connectivity index (χ0v) is 25.9. The summed E-state index contributed by atoms with van der Waals surface area (Å²) >= 11 is 0. The van der Waals surface area contributed by atoms with Crippen molar-refractivity contribution in [2.75, 3.05) is 24.7 Å². The monoisotopic (exact) mass is 643 g/mol. The smallest absolute Gasteiger partial charge is 0.255 e.